The Kier molecular flexibility index (Phi) is 4.96. The third-order valence-corrected chi connectivity index (χ3v) is 3.24. The van der Waals surface area contributed by atoms with Crippen molar-refractivity contribution in [3.63, 3.8) is 0 Å². The van der Waals surface area contributed by atoms with Crippen LogP contribution < -0.4 is 4.74 Å². The lowest BCUT2D eigenvalue weighted by Gasteiger charge is -2.23. The molecule has 0 saturated heterocycles. The van der Waals surface area contributed by atoms with Crippen LogP contribution in [0.1, 0.15) is 33.1 Å². The first-order valence-electron chi connectivity index (χ1n) is 5.95. The summed E-state index contributed by atoms with van der Waals surface area (Å²) in [6.45, 7) is 4.46. The Balaban J connectivity index is 2.50. The van der Waals surface area contributed by atoms with E-state index in [-0.39, 0.29) is 11.2 Å². The SMILES string of the molecule is CCC(C#N)(CC)CCOc1cccc(F)c1. The average molecular weight is 235 g/mol. The summed E-state index contributed by atoms with van der Waals surface area (Å²) in [5.74, 6) is 0.212. The van der Waals surface area contributed by atoms with E-state index in [0.717, 1.165) is 12.8 Å². The molecule has 0 saturated carbocycles. The number of ether oxygens (including phenoxy) is 1. The Bertz CT molecular complexity index is 393. The van der Waals surface area contributed by atoms with Crippen molar-refractivity contribution in [1.82, 2.24) is 0 Å². The smallest absolute Gasteiger partial charge is 0.126 e. The van der Waals surface area contributed by atoms with Crippen molar-refractivity contribution in [3.05, 3.63) is 30.1 Å². The van der Waals surface area contributed by atoms with E-state index < -0.39 is 0 Å². The summed E-state index contributed by atoms with van der Waals surface area (Å²) in [6, 6.07) is 8.42. The molecule has 3 heteroatoms. The van der Waals surface area contributed by atoms with Crippen molar-refractivity contribution >= 4 is 0 Å². The predicted octanol–water partition coefficient (Wildman–Crippen LogP) is 3.92. The minimum atomic E-state index is -0.312. The molecule has 0 heterocycles. The van der Waals surface area contributed by atoms with Crippen LogP contribution in [0.5, 0.6) is 5.75 Å². The van der Waals surface area contributed by atoms with Gasteiger partial charge in [-0.3, -0.25) is 0 Å². The second kappa shape index (κ2) is 6.24. The fourth-order valence-corrected chi connectivity index (χ4v) is 1.74. The van der Waals surface area contributed by atoms with Crippen molar-refractivity contribution in [1.29, 1.82) is 5.26 Å². The minimum absolute atomic E-state index is 0.306. The van der Waals surface area contributed by atoms with E-state index in [1.165, 1.54) is 12.1 Å². The molecule has 1 aromatic carbocycles. The second-order valence-electron chi connectivity index (χ2n) is 4.16. The Morgan fingerprint density at radius 2 is 2.06 bits per heavy atom. The average Bonchev–Trinajstić information content (AvgIpc) is 2.35. The molecule has 0 bridgehead atoms. The number of hydrogen-bond donors (Lipinski definition) is 0. The van der Waals surface area contributed by atoms with Gasteiger partial charge in [-0.25, -0.2) is 4.39 Å². The van der Waals surface area contributed by atoms with Crippen molar-refractivity contribution in [2.45, 2.75) is 33.1 Å². The van der Waals surface area contributed by atoms with Gasteiger partial charge in [0, 0.05) is 12.5 Å². The topological polar surface area (TPSA) is 33.0 Å². The largest absolute Gasteiger partial charge is 0.493 e. The van der Waals surface area contributed by atoms with Crippen molar-refractivity contribution in [3.8, 4) is 11.8 Å². The molecule has 0 unspecified atom stereocenters. The van der Waals surface area contributed by atoms with Gasteiger partial charge in [0.2, 0.25) is 0 Å². The van der Waals surface area contributed by atoms with Crippen LogP contribution in [0, 0.1) is 22.6 Å². The van der Waals surface area contributed by atoms with Crippen molar-refractivity contribution < 1.29 is 9.13 Å². The predicted molar refractivity (Wildman–Crippen MR) is 65.1 cm³/mol. The van der Waals surface area contributed by atoms with Crippen LogP contribution in [0.3, 0.4) is 0 Å². The molecule has 0 aromatic heterocycles. The Morgan fingerprint density at radius 3 is 2.59 bits per heavy atom. The van der Waals surface area contributed by atoms with Crippen molar-refractivity contribution in [2.24, 2.45) is 5.41 Å². The zero-order valence-corrected chi connectivity index (χ0v) is 10.4. The summed E-state index contributed by atoms with van der Waals surface area (Å²) in [5.41, 5.74) is -0.312. The van der Waals surface area contributed by atoms with Gasteiger partial charge in [-0.2, -0.15) is 5.26 Å². The van der Waals surface area contributed by atoms with E-state index in [2.05, 4.69) is 6.07 Å². The molecule has 1 aromatic rings. The lowest BCUT2D eigenvalue weighted by atomic mass is 9.81. The molecule has 0 spiro atoms. The van der Waals surface area contributed by atoms with Crippen LogP contribution in [0.15, 0.2) is 24.3 Å². The van der Waals surface area contributed by atoms with Gasteiger partial charge in [0.15, 0.2) is 0 Å². The Labute approximate surface area is 102 Å². The third-order valence-electron chi connectivity index (χ3n) is 3.24. The zero-order chi connectivity index (χ0) is 12.7. The minimum Gasteiger partial charge on any atom is -0.493 e. The van der Waals surface area contributed by atoms with Gasteiger partial charge in [0.25, 0.3) is 0 Å². The van der Waals surface area contributed by atoms with Crippen LogP contribution in [0.2, 0.25) is 0 Å². The molecule has 92 valence electrons. The number of benzene rings is 1. The molecule has 0 aliphatic carbocycles. The molecule has 0 aliphatic rings. The molecule has 0 fully saturated rings. The number of nitrogens with zero attached hydrogens (tertiary/aromatic N) is 1. The number of hydrogen-bond acceptors (Lipinski definition) is 2. The van der Waals surface area contributed by atoms with E-state index >= 15 is 0 Å². The highest BCUT2D eigenvalue weighted by Crippen LogP contribution is 2.29. The van der Waals surface area contributed by atoms with E-state index in [1.54, 1.807) is 12.1 Å². The van der Waals surface area contributed by atoms with Gasteiger partial charge in [-0.15, -0.1) is 0 Å². The van der Waals surface area contributed by atoms with Gasteiger partial charge in [-0.1, -0.05) is 19.9 Å². The summed E-state index contributed by atoms with van der Waals surface area (Å²) < 4.78 is 18.4. The summed E-state index contributed by atoms with van der Waals surface area (Å²) in [6.07, 6.45) is 2.30. The Hall–Kier alpha value is -1.56. The van der Waals surface area contributed by atoms with E-state index in [1.807, 2.05) is 13.8 Å². The van der Waals surface area contributed by atoms with Crippen LogP contribution >= 0.6 is 0 Å². The van der Waals surface area contributed by atoms with E-state index in [4.69, 9.17) is 10.00 Å². The van der Waals surface area contributed by atoms with Crippen LogP contribution in [0.4, 0.5) is 4.39 Å². The van der Waals surface area contributed by atoms with Gasteiger partial charge < -0.3 is 4.74 Å². The Morgan fingerprint density at radius 1 is 1.35 bits per heavy atom. The van der Waals surface area contributed by atoms with E-state index in [9.17, 15) is 4.39 Å². The lowest BCUT2D eigenvalue weighted by molar-refractivity contribution is 0.231. The summed E-state index contributed by atoms with van der Waals surface area (Å²) in [4.78, 5) is 0. The molecule has 0 aliphatic heterocycles. The first-order chi connectivity index (χ1) is 8.15. The first-order valence-corrected chi connectivity index (χ1v) is 5.95. The summed E-state index contributed by atoms with van der Waals surface area (Å²) in [5, 5.41) is 9.15. The van der Waals surface area contributed by atoms with Crippen LogP contribution in [0.25, 0.3) is 0 Å². The molecule has 17 heavy (non-hydrogen) atoms. The molecular weight excluding hydrogens is 217 g/mol. The van der Waals surface area contributed by atoms with Gasteiger partial charge in [0.1, 0.15) is 11.6 Å². The van der Waals surface area contributed by atoms with Crippen molar-refractivity contribution in [2.75, 3.05) is 6.61 Å². The second-order valence-corrected chi connectivity index (χ2v) is 4.16. The first kappa shape index (κ1) is 13.5. The maximum atomic E-state index is 12.9. The standard InChI is InChI=1S/C14H18FNO/c1-3-14(4-2,11-16)8-9-17-13-7-5-6-12(15)10-13/h5-7,10H,3-4,8-9H2,1-2H3. The molecule has 0 atom stereocenters. The highest BCUT2D eigenvalue weighted by molar-refractivity contribution is 5.22. The fourth-order valence-electron chi connectivity index (χ4n) is 1.74. The monoisotopic (exact) mass is 235 g/mol. The number of nitriles is 1. The molecule has 2 nitrogen and oxygen atoms in total. The van der Waals surface area contributed by atoms with Gasteiger partial charge in [-0.05, 0) is 25.0 Å². The maximum Gasteiger partial charge on any atom is 0.126 e. The number of halogens is 1. The summed E-state index contributed by atoms with van der Waals surface area (Å²) >= 11 is 0. The van der Waals surface area contributed by atoms with Gasteiger partial charge in [0.05, 0.1) is 18.1 Å². The molecule has 0 amide bonds. The highest BCUT2D eigenvalue weighted by Gasteiger charge is 2.25. The quantitative estimate of drug-likeness (QED) is 0.748. The maximum absolute atomic E-state index is 12.9. The van der Waals surface area contributed by atoms with Crippen LogP contribution in [-0.4, -0.2) is 6.61 Å². The summed E-state index contributed by atoms with van der Waals surface area (Å²) in [7, 11) is 0. The highest BCUT2D eigenvalue weighted by atomic mass is 19.1. The fraction of sp³-hybridized carbons (Fsp3) is 0.500. The zero-order valence-electron chi connectivity index (χ0n) is 10.4. The molecule has 1 rings (SSSR count). The molecule has 0 radical (unpaired) electrons. The normalized spacial score (nSPS) is 10.9. The molecule has 0 N–H and O–H groups in total. The van der Waals surface area contributed by atoms with Gasteiger partial charge >= 0.3 is 0 Å². The van der Waals surface area contributed by atoms with Crippen LogP contribution in [-0.2, 0) is 0 Å². The molecular formula is C14H18FNO. The lowest BCUT2D eigenvalue weighted by Crippen LogP contribution is -2.19. The third kappa shape index (κ3) is 3.74. The van der Waals surface area contributed by atoms with E-state index in [0.29, 0.717) is 18.8 Å². The number of rotatable bonds is 6.